The smallest absolute Gasteiger partial charge is 0.327 e. The van der Waals surface area contributed by atoms with E-state index in [1.807, 2.05) is 13.8 Å². The standard InChI is InChI=1S/C11H19NO4S2/c1-7(2)10(14)4-5-17-18-6-9(11(15)16)12-8(3)13/h7,9H,4-6H2,1-3H3,(H,12,13)(H,15,16). The maximum Gasteiger partial charge on any atom is 0.327 e. The van der Waals surface area contributed by atoms with Gasteiger partial charge in [-0.25, -0.2) is 4.79 Å². The molecule has 0 saturated heterocycles. The third-order valence-electron chi connectivity index (χ3n) is 2.07. The molecule has 0 aliphatic carbocycles. The molecule has 1 unspecified atom stereocenters. The molecule has 0 aromatic rings. The summed E-state index contributed by atoms with van der Waals surface area (Å²) < 4.78 is 0. The van der Waals surface area contributed by atoms with Gasteiger partial charge in [0.25, 0.3) is 0 Å². The molecule has 5 nitrogen and oxygen atoms in total. The van der Waals surface area contributed by atoms with Gasteiger partial charge in [0.05, 0.1) is 0 Å². The molecule has 0 aromatic carbocycles. The van der Waals surface area contributed by atoms with Crippen LogP contribution in [0.1, 0.15) is 27.2 Å². The van der Waals surface area contributed by atoms with Gasteiger partial charge in [0, 0.05) is 30.8 Å². The van der Waals surface area contributed by atoms with Crippen molar-refractivity contribution in [1.82, 2.24) is 5.32 Å². The number of ketones is 1. The fourth-order valence-corrected chi connectivity index (χ4v) is 3.19. The largest absolute Gasteiger partial charge is 0.480 e. The molecule has 0 heterocycles. The highest BCUT2D eigenvalue weighted by Crippen LogP contribution is 2.23. The fraction of sp³-hybridized carbons (Fsp3) is 0.727. The van der Waals surface area contributed by atoms with E-state index in [2.05, 4.69) is 5.32 Å². The van der Waals surface area contributed by atoms with E-state index in [0.717, 1.165) is 0 Å². The number of nitrogens with one attached hydrogen (secondary N) is 1. The van der Waals surface area contributed by atoms with Gasteiger partial charge in [0.15, 0.2) is 0 Å². The molecule has 0 radical (unpaired) electrons. The second kappa shape index (κ2) is 9.27. The van der Waals surface area contributed by atoms with Crippen LogP contribution in [0.5, 0.6) is 0 Å². The van der Waals surface area contributed by atoms with E-state index in [1.54, 1.807) is 0 Å². The summed E-state index contributed by atoms with van der Waals surface area (Å²) in [5, 5.41) is 11.2. The highest BCUT2D eigenvalue weighted by molar-refractivity contribution is 8.76. The zero-order chi connectivity index (χ0) is 14.1. The van der Waals surface area contributed by atoms with Gasteiger partial charge in [0.2, 0.25) is 5.91 Å². The Labute approximate surface area is 115 Å². The number of rotatable bonds is 9. The topological polar surface area (TPSA) is 83.5 Å². The molecule has 2 N–H and O–H groups in total. The maximum absolute atomic E-state index is 11.3. The Morgan fingerprint density at radius 3 is 2.28 bits per heavy atom. The van der Waals surface area contributed by atoms with Gasteiger partial charge in [-0.2, -0.15) is 0 Å². The lowest BCUT2D eigenvalue weighted by molar-refractivity contribution is -0.140. The summed E-state index contributed by atoms with van der Waals surface area (Å²) in [6.07, 6.45) is 0.493. The Balaban J connectivity index is 3.77. The SMILES string of the molecule is CC(=O)NC(CSSCCC(=O)C(C)C)C(=O)O. The number of amides is 1. The normalized spacial score (nSPS) is 12.2. The van der Waals surface area contributed by atoms with Crippen molar-refractivity contribution in [3.8, 4) is 0 Å². The van der Waals surface area contributed by atoms with Crippen molar-refractivity contribution in [2.24, 2.45) is 5.92 Å². The van der Waals surface area contributed by atoms with Gasteiger partial charge in [-0.15, -0.1) is 0 Å². The van der Waals surface area contributed by atoms with Gasteiger partial charge in [-0.05, 0) is 0 Å². The third-order valence-corrected chi connectivity index (χ3v) is 4.48. The molecule has 1 atom stereocenters. The first-order valence-electron chi connectivity index (χ1n) is 5.61. The monoisotopic (exact) mass is 293 g/mol. The van der Waals surface area contributed by atoms with Gasteiger partial charge >= 0.3 is 5.97 Å². The van der Waals surface area contributed by atoms with Crippen molar-refractivity contribution in [2.45, 2.75) is 33.2 Å². The van der Waals surface area contributed by atoms with Crippen molar-refractivity contribution in [3.05, 3.63) is 0 Å². The van der Waals surface area contributed by atoms with Crippen LogP contribution >= 0.6 is 21.6 Å². The van der Waals surface area contributed by atoms with Crippen molar-refractivity contribution >= 4 is 39.2 Å². The quantitative estimate of drug-likeness (QED) is 0.496. The second-order valence-electron chi connectivity index (χ2n) is 4.07. The Morgan fingerprint density at radius 2 is 1.83 bits per heavy atom. The molecular weight excluding hydrogens is 274 g/mol. The van der Waals surface area contributed by atoms with Crippen LogP contribution in [0.15, 0.2) is 0 Å². The summed E-state index contributed by atoms with van der Waals surface area (Å²) in [5.74, 6) is -0.204. The fourth-order valence-electron chi connectivity index (χ4n) is 1.03. The summed E-state index contributed by atoms with van der Waals surface area (Å²) >= 11 is 0. The van der Waals surface area contributed by atoms with E-state index in [1.165, 1.54) is 28.5 Å². The maximum atomic E-state index is 11.3. The number of hydrogen-bond acceptors (Lipinski definition) is 5. The van der Waals surface area contributed by atoms with Crippen molar-refractivity contribution in [2.75, 3.05) is 11.5 Å². The van der Waals surface area contributed by atoms with Gasteiger partial charge in [0.1, 0.15) is 11.8 Å². The van der Waals surface area contributed by atoms with E-state index in [-0.39, 0.29) is 23.4 Å². The van der Waals surface area contributed by atoms with Crippen molar-refractivity contribution in [1.29, 1.82) is 0 Å². The Bertz CT molecular complexity index is 307. The lowest BCUT2D eigenvalue weighted by Crippen LogP contribution is -2.41. The highest BCUT2D eigenvalue weighted by atomic mass is 33.1. The molecule has 0 aliphatic rings. The summed E-state index contributed by atoms with van der Waals surface area (Å²) in [6, 6.07) is -0.874. The number of carbonyl (C=O) groups is 3. The number of hydrogen-bond donors (Lipinski definition) is 2. The van der Waals surface area contributed by atoms with E-state index in [4.69, 9.17) is 5.11 Å². The minimum atomic E-state index is -1.04. The van der Waals surface area contributed by atoms with Crippen LogP contribution < -0.4 is 5.32 Å². The minimum Gasteiger partial charge on any atom is -0.480 e. The molecule has 0 aromatic heterocycles. The molecule has 0 aliphatic heterocycles. The van der Waals surface area contributed by atoms with Crippen LogP contribution in [-0.4, -0.2) is 40.3 Å². The Morgan fingerprint density at radius 1 is 1.22 bits per heavy atom. The van der Waals surface area contributed by atoms with Crippen LogP contribution in [0.25, 0.3) is 0 Å². The zero-order valence-corrected chi connectivity index (χ0v) is 12.4. The number of Topliss-reactive ketones (excluding diaryl/α,β-unsaturated/α-hetero) is 1. The Kier molecular flexibility index (Phi) is 8.91. The first-order valence-corrected chi connectivity index (χ1v) is 8.10. The lowest BCUT2D eigenvalue weighted by atomic mass is 10.1. The summed E-state index contributed by atoms with van der Waals surface area (Å²) in [4.78, 5) is 32.9. The van der Waals surface area contributed by atoms with E-state index < -0.39 is 12.0 Å². The van der Waals surface area contributed by atoms with Crippen LogP contribution in [0.4, 0.5) is 0 Å². The van der Waals surface area contributed by atoms with Gasteiger partial charge < -0.3 is 10.4 Å². The van der Waals surface area contributed by atoms with Gasteiger partial charge in [-0.1, -0.05) is 35.4 Å². The molecule has 0 saturated carbocycles. The molecule has 0 fully saturated rings. The highest BCUT2D eigenvalue weighted by Gasteiger charge is 2.18. The second-order valence-corrected chi connectivity index (χ2v) is 6.70. The lowest BCUT2D eigenvalue weighted by Gasteiger charge is -2.12. The summed E-state index contributed by atoms with van der Waals surface area (Å²) in [5.41, 5.74) is 0. The summed E-state index contributed by atoms with van der Waals surface area (Å²) in [7, 11) is 2.81. The molecule has 0 rings (SSSR count). The summed E-state index contributed by atoms with van der Waals surface area (Å²) in [6.45, 7) is 5.00. The van der Waals surface area contributed by atoms with Crippen LogP contribution in [0.3, 0.4) is 0 Å². The van der Waals surface area contributed by atoms with Crippen molar-refractivity contribution < 1.29 is 19.5 Å². The van der Waals surface area contributed by atoms with Gasteiger partial charge in [-0.3, -0.25) is 9.59 Å². The molecule has 0 spiro atoms. The average Bonchev–Trinajstić information content (AvgIpc) is 2.25. The molecule has 7 heteroatoms. The van der Waals surface area contributed by atoms with E-state index in [9.17, 15) is 14.4 Å². The van der Waals surface area contributed by atoms with E-state index >= 15 is 0 Å². The predicted octanol–water partition coefficient (Wildman–Crippen LogP) is 1.57. The number of aliphatic carboxylic acids is 1. The molecule has 0 bridgehead atoms. The molecular formula is C11H19NO4S2. The Hall–Kier alpha value is -0.690. The van der Waals surface area contributed by atoms with Crippen LogP contribution in [-0.2, 0) is 14.4 Å². The molecule has 1 amide bonds. The predicted molar refractivity (Wildman–Crippen MR) is 74.6 cm³/mol. The molecule has 104 valence electrons. The third kappa shape index (κ3) is 8.41. The first-order chi connectivity index (χ1) is 8.34. The van der Waals surface area contributed by atoms with E-state index in [0.29, 0.717) is 12.2 Å². The van der Waals surface area contributed by atoms with Crippen LogP contribution in [0.2, 0.25) is 0 Å². The number of carboxylic acids is 1. The minimum absolute atomic E-state index is 0.0433. The molecule has 18 heavy (non-hydrogen) atoms. The van der Waals surface area contributed by atoms with Crippen LogP contribution in [0, 0.1) is 5.92 Å². The first kappa shape index (κ1) is 17.3. The van der Waals surface area contributed by atoms with Crippen molar-refractivity contribution in [3.63, 3.8) is 0 Å². The average molecular weight is 293 g/mol. The zero-order valence-electron chi connectivity index (χ0n) is 10.8. The number of carboxylic acid groups (broad SMARTS) is 1. The number of carbonyl (C=O) groups excluding carboxylic acids is 2.